The van der Waals surface area contributed by atoms with E-state index in [4.69, 9.17) is 9.72 Å². The first-order valence-corrected chi connectivity index (χ1v) is 8.11. The SMILES string of the molecule is CC(C)Oc1ccc2c(C(C)(C)C)cc(C(C)(C)C)nc2c1. The largest absolute Gasteiger partial charge is 0.491 e. The second kappa shape index (κ2) is 5.57. The van der Waals surface area contributed by atoms with Crippen LogP contribution in [0.3, 0.4) is 0 Å². The van der Waals surface area contributed by atoms with Gasteiger partial charge < -0.3 is 4.74 Å². The quantitative estimate of drug-likeness (QED) is 0.718. The summed E-state index contributed by atoms with van der Waals surface area (Å²) in [5.74, 6) is 0.890. The summed E-state index contributed by atoms with van der Waals surface area (Å²) in [5.41, 5.74) is 3.62. The van der Waals surface area contributed by atoms with Gasteiger partial charge in [-0.1, -0.05) is 41.5 Å². The third-order valence-electron chi connectivity index (χ3n) is 3.73. The van der Waals surface area contributed by atoms with Crippen molar-refractivity contribution >= 4 is 10.9 Å². The van der Waals surface area contributed by atoms with Gasteiger partial charge in [-0.3, -0.25) is 4.98 Å². The van der Waals surface area contributed by atoms with Gasteiger partial charge in [-0.25, -0.2) is 0 Å². The molecule has 0 aliphatic carbocycles. The Labute approximate surface area is 134 Å². The molecular formula is C20H29NO. The van der Waals surface area contributed by atoms with E-state index in [0.717, 1.165) is 17.0 Å². The average Bonchev–Trinajstić information content (AvgIpc) is 2.34. The van der Waals surface area contributed by atoms with Crippen molar-refractivity contribution in [2.45, 2.75) is 72.3 Å². The summed E-state index contributed by atoms with van der Waals surface area (Å²) in [4.78, 5) is 4.91. The highest BCUT2D eigenvalue weighted by atomic mass is 16.5. The molecule has 0 aliphatic rings. The fourth-order valence-electron chi connectivity index (χ4n) is 2.56. The summed E-state index contributed by atoms with van der Waals surface area (Å²) in [6, 6.07) is 8.54. The maximum atomic E-state index is 5.83. The molecule has 1 aromatic heterocycles. The Hall–Kier alpha value is -1.57. The molecule has 0 radical (unpaired) electrons. The molecule has 0 saturated heterocycles. The van der Waals surface area contributed by atoms with Crippen molar-refractivity contribution in [2.24, 2.45) is 0 Å². The molecule has 0 aliphatic heterocycles. The van der Waals surface area contributed by atoms with Gasteiger partial charge in [0.25, 0.3) is 0 Å². The molecule has 22 heavy (non-hydrogen) atoms. The first-order chi connectivity index (χ1) is 9.98. The second-order valence-electron chi connectivity index (χ2n) is 8.40. The van der Waals surface area contributed by atoms with E-state index in [1.807, 2.05) is 13.8 Å². The maximum Gasteiger partial charge on any atom is 0.121 e. The Bertz CT molecular complexity index is 672. The highest BCUT2D eigenvalue weighted by molar-refractivity contribution is 5.85. The summed E-state index contributed by atoms with van der Waals surface area (Å²) >= 11 is 0. The number of nitrogens with zero attached hydrogens (tertiary/aromatic N) is 1. The fourth-order valence-corrected chi connectivity index (χ4v) is 2.56. The zero-order valence-electron chi connectivity index (χ0n) is 15.2. The van der Waals surface area contributed by atoms with E-state index >= 15 is 0 Å². The van der Waals surface area contributed by atoms with E-state index in [1.54, 1.807) is 0 Å². The van der Waals surface area contributed by atoms with Crippen molar-refractivity contribution in [2.75, 3.05) is 0 Å². The number of hydrogen-bond donors (Lipinski definition) is 0. The van der Waals surface area contributed by atoms with Gasteiger partial charge >= 0.3 is 0 Å². The van der Waals surface area contributed by atoms with Crippen LogP contribution in [0.15, 0.2) is 24.3 Å². The smallest absolute Gasteiger partial charge is 0.121 e. The summed E-state index contributed by atoms with van der Waals surface area (Å²) in [6.45, 7) is 17.5. The molecule has 0 fully saturated rings. The van der Waals surface area contributed by atoms with Gasteiger partial charge in [-0.2, -0.15) is 0 Å². The molecule has 120 valence electrons. The van der Waals surface area contributed by atoms with Crippen LogP contribution in [0, 0.1) is 0 Å². The highest BCUT2D eigenvalue weighted by Gasteiger charge is 2.23. The Morgan fingerprint density at radius 3 is 2.05 bits per heavy atom. The normalized spacial score (nSPS) is 13.0. The van der Waals surface area contributed by atoms with Gasteiger partial charge in [0.2, 0.25) is 0 Å². The molecule has 2 aromatic rings. The lowest BCUT2D eigenvalue weighted by atomic mass is 9.81. The van der Waals surface area contributed by atoms with Crippen molar-refractivity contribution in [3.63, 3.8) is 0 Å². The second-order valence-corrected chi connectivity index (χ2v) is 8.40. The summed E-state index contributed by atoms with van der Waals surface area (Å²) < 4.78 is 5.83. The van der Waals surface area contributed by atoms with E-state index < -0.39 is 0 Å². The fraction of sp³-hybridized carbons (Fsp3) is 0.550. The minimum Gasteiger partial charge on any atom is -0.491 e. The number of fused-ring (bicyclic) bond motifs is 1. The molecular weight excluding hydrogens is 270 g/mol. The van der Waals surface area contributed by atoms with Crippen LogP contribution in [0.1, 0.15) is 66.6 Å². The van der Waals surface area contributed by atoms with Crippen molar-refractivity contribution in [1.29, 1.82) is 0 Å². The van der Waals surface area contributed by atoms with Gasteiger partial charge in [-0.05, 0) is 43.0 Å². The molecule has 2 heteroatoms. The molecule has 0 bridgehead atoms. The van der Waals surface area contributed by atoms with E-state index in [9.17, 15) is 0 Å². The lowest BCUT2D eigenvalue weighted by Crippen LogP contribution is -2.18. The van der Waals surface area contributed by atoms with Gasteiger partial charge in [0.15, 0.2) is 0 Å². The zero-order chi connectivity index (χ0) is 16.7. The lowest BCUT2D eigenvalue weighted by molar-refractivity contribution is 0.242. The van der Waals surface area contributed by atoms with Crippen LogP contribution in [0.5, 0.6) is 5.75 Å². The Balaban J connectivity index is 2.71. The minimum atomic E-state index is 0.0309. The molecule has 0 saturated carbocycles. The molecule has 2 nitrogen and oxygen atoms in total. The predicted octanol–water partition coefficient (Wildman–Crippen LogP) is 5.62. The van der Waals surface area contributed by atoms with Crippen LogP contribution in [-0.4, -0.2) is 11.1 Å². The van der Waals surface area contributed by atoms with Crippen LogP contribution < -0.4 is 4.74 Å². The number of aromatic nitrogens is 1. The molecule has 2 rings (SSSR count). The van der Waals surface area contributed by atoms with Gasteiger partial charge in [-0.15, -0.1) is 0 Å². The molecule has 0 amide bonds. The Kier molecular flexibility index (Phi) is 4.25. The first-order valence-electron chi connectivity index (χ1n) is 8.11. The number of ether oxygens (including phenoxy) is 1. The third kappa shape index (κ3) is 3.60. The van der Waals surface area contributed by atoms with Crippen molar-refractivity contribution in [3.8, 4) is 5.75 Å². The van der Waals surface area contributed by atoms with Crippen molar-refractivity contribution in [1.82, 2.24) is 4.98 Å². The molecule has 0 spiro atoms. The topological polar surface area (TPSA) is 22.1 Å². The number of benzene rings is 1. The van der Waals surface area contributed by atoms with Crippen LogP contribution in [0.4, 0.5) is 0 Å². The predicted molar refractivity (Wildman–Crippen MR) is 94.9 cm³/mol. The standard InChI is InChI=1S/C20H29NO/c1-13(2)22-14-9-10-15-16(19(3,4)5)12-18(20(6,7)8)21-17(15)11-14/h9-13H,1-8H3. The van der Waals surface area contributed by atoms with Crippen LogP contribution in [0.25, 0.3) is 10.9 Å². The monoisotopic (exact) mass is 299 g/mol. The van der Waals surface area contributed by atoms with Gasteiger partial charge in [0, 0.05) is 22.6 Å². The van der Waals surface area contributed by atoms with Crippen molar-refractivity contribution < 1.29 is 4.74 Å². The summed E-state index contributed by atoms with van der Waals surface area (Å²) in [5, 5.41) is 1.22. The van der Waals surface area contributed by atoms with E-state index in [-0.39, 0.29) is 16.9 Å². The number of pyridine rings is 1. The van der Waals surface area contributed by atoms with Crippen LogP contribution >= 0.6 is 0 Å². The van der Waals surface area contributed by atoms with Crippen molar-refractivity contribution in [3.05, 3.63) is 35.5 Å². The molecule has 1 aromatic carbocycles. The average molecular weight is 299 g/mol. The van der Waals surface area contributed by atoms with Gasteiger partial charge in [0.1, 0.15) is 5.75 Å². The first kappa shape index (κ1) is 16.8. The van der Waals surface area contributed by atoms with E-state index in [0.29, 0.717) is 0 Å². The maximum absolute atomic E-state index is 5.83. The van der Waals surface area contributed by atoms with E-state index in [2.05, 4.69) is 65.8 Å². The molecule has 0 atom stereocenters. The number of rotatable bonds is 2. The van der Waals surface area contributed by atoms with Gasteiger partial charge in [0.05, 0.1) is 11.6 Å². The lowest BCUT2D eigenvalue weighted by Gasteiger charge is -2.26. The highest BCUT2D eigenvalue weighted by Crippen LogP contribution is 2.34. The summed E-state index contributed by atoms with van der Waals surface area (Å²) in [7, 11) is 0. The zero-order valence-corrected chi connectivity index (χ0v) is 15.2. The Morgan fingerprint density at radius 2 is 1.55 bits per heavy atom. The Morgan fingerprint density at radius 1 is 0.909 bits per heavy atom. The molecule has 0 unspecified atom stereocenters. The van der Waals surface area contributed by atoms with Crippen LogP contribution in [-0.2, 0) is 10.8 Å². The summed E-state index contributed by atoms with van der Waals surface area (Å²) in [6.07, 6.45) is 0.172. The minimum absolute atomic E-state index is 0.0309. The third-order valence-corrected chi connectivity index (χ3v) is 3.73. The number of hydrogen-bond acceptors (Lipinski definition) is 2. The molecule has 0 N–H and O–H groups in total. The van der Waals surface area contributed by atoms with E-state index in [1.165, 1.54) is 10.9 Å². The molecule has 1 heterocycles. The van der Waals surface area contributed by atoms with Crippen LogP contribution in [0.2, 0.25) is 0 Å².